The van der Waals surface area contributed by atoms with Gasteiger partial charge in [-0.1, -0.05) is 0 Å². The molecular weight excluding hydrogens is 270 g/mol. The number of rotatable bonds is 4. The molecule has 0 bridgehead atoms. The number of carbonyl (C=O) groups excluding carboxylic acids is 1. The van der Waals surface area contributed by atoms with Crippen LogP contribution in [-0.2, 0) is 4.79 Å². The first-order chi connectivity index (χ1) is 10.1. The van der Waals surface area contributed by atoms with Crippen molar-refractivity contribution >= 4 is 12.0 Å². The van der Waals surface area contributed by atoms with E-state index in [0.717, 1.165) is 51.9 Å². The van der Waals surface area contributed by atoms with Crippen LogP contribution in [-0.4, -0.2) is 65.7 Å². The second kappa shape index (κ2) is 7.64. The first-order valence-electron chi connectivity index (χ1n) is 8.09. The Balaban J connectivity index is 1.94. The molecule has 0 saturated carbocycles. The van der Waals surface area contributed by atoms with E-state index in [4.69, 9.17) is 5.11 Å². The molecule has 2 aliphatic rings. The molecule has 2 rings (SSSR count). The second-order valence-corrected chi connectivity index (χ2v) is 6.10. The zero-order chi connectivity index (χ0) is 15.2. The molecule has 2 saturated heterocycles. The van der Waals surface area contributed by atoms with Crippen LogP contribution in [0.4, 0.5) is 4.79 Å². The molecule has 6 heteroatoms. The number of aliphatic carboxylic acids is 1. The van der Waals surface area contributed by atoms with Gasteiger partial charge in [0.25, 0.3) is 0 Å². The Morgan fingerprint density at radius 1 is 1.29 bits per heavy atom. The highest BCUT2D eigenvalue weighted by molar-refractivity contribution is 5.75. The number of carboxylic acids is 1. The van der Waals surface area contributed by atoms with Crippen molar-refractivity contribution in [2.45, 2.75) is 45.1 Å². The van der Waals surface area contributed by atoms with E-state index < -0.39 is 5.97 Å². The summed E-state index contributed by atoms with van der Waals surface area (Å²) in [5.41, 5.74) is 0. The van der Waals surface area contributed by atoms with Crippen molar-refractivity contribution in [1.82, 2.24) is 15.1 Å². The minimum Gasteiger partial charge on any atom is -0.481 e. The lowest BCUT2D eigenvalue weighted by molar-refractivity contribution is -0.138. The van der Waals surface area contributed by atoms with Crippen LogP contribution in [0.2, 0.25) is 0 Å². The molecule has 2 aliphatic heterocycles. The molecule has 21 heavy (non-hydrogen) atoms. The third-order valence-corrected chi connectivity index (χ3v) is 4.59. The van der Waals surface area contributed by atoms with Gasteiger partial charge < -0.3 is 20.2 Å². The Hall–Kier alpha value is -1.30. The summed E-state index contributed by atoms with van der Waals surface area (Å²) in [6, 6.07) is 0.420. The van der Waals surface area contributed by atoms with Crippen LogP contribution in [0.5, 0.6) is 0 Å². The third-order valence-electron chi connectivity index (χ3n) is 4.59. The standard InChI is InChI=1S/C15H27N3O3/c1-2-18(13-5-7-16-8-6-13)15(21)17-9-3-4-12(11-17)10-14(19)20/h12-13,16H,2-11H2,1H3,(H,19,20). The van der Waals surface area contributed by atoms with Crippen molar-refractivity contribution in [2.75, 3.05) is 32.7 Å². The highest BCUT2D eigenvalue weighted by Gasteiger charge is 2.31. The molecule has 1 unspecified atom stereocenters. The molecule has 0 aromatic heterocycles. The van der Waals surface area contributed by atoms with Crippen molar-refractivity contribution in [3.05, 3.63) is 0 Å². The van der Waals surface area contributed by atoms with Gasteiger partial charge in [0, 0.05) is 32.1 Å². The van der Waals surface area contributed by atoms with Crippen LogP contribution in [0.3, 0.4) is 0 Å². The van der Waals surface area contributed by atoms with Crippen LogP contribution < -0.4 is 5.32 Å². The molecule has 2 N–H and O–H groups in total. The molecule has 1 atom stereocenters. The Labute approximate surface area is 126 Å². The van der Waals surface area contributed by atoms with Gasteiger partial charge in [-0.15, -0.1) is 0 Å². The fourth-order valence-electron chi connectivity index (χ4n) is 3.50. The zero-order valence-electron chi connectivity index (χ0n) is 12.9. The Bertz CT molecular complexity index is 369. The predicted octanol–water partition coefficient (Wildman–Crippen LogP) is 1.37. The molecule has 6 nitrogen and oxygen atoms in total. The van der Waals surface area contributed by atoms with Gasteiger partial charge in [-0.3, -0.25) is 4.79 Å². The number of nitrogens with one attached hydrogen (secondary N) is 1. The van der Waals surface area contributed by atoms with Crippen LogP contribution in [0.25, 0.3) is 0 Å². The summed E-state index contributed by atoms with van der Waals surface area (Å²) in [6.45, 7) is 6.04. The van der Waals surface area contributed by atoms with E-state index in [2.05, 4.69) is 5.32 Å². The number of hydrogen-bond acceptors (Lipinski definition) is 3. The van der Waals surface area contributed by atoms with Crippen molar-refractivity contribution in [3.63, 3.8) is 0 Å². The Kier molecular flexibility index (Phi) is 5.85. The van der Waals surface area contributed by atoms with Gasteiger partial charge in [0.05, 0.1) is 0 Å². The highest BCUT2D eigenvalue weighted by atomic mass is 16.4. The summed E-state index contributed by atoms with van der Waals surface area (Å²) in [5.74, 6) is -0.660. The van der Waals surface area contributed by atoms with E-state index >= 15 is 0 Å². The summed E-state index contributed by atoms with van der Waals surface area (Å²) < 4.78 is 0. The molecular formula is C15H27N3O3. The number of nitrogens with zero attached hydrogens (tertiary/aromatic N) is 2. The summed E-state index contributed by atoms with van der Waals surface area (Å²) in [6.07, 6.45) is 4.00. The minimum atomic E-state index is -0.764. The van der Waals surface area contributed by atoms with Gasteiger partial charge in [-0.25, -0.2) is 4.79 Å². The maximum atomic E-state index is 12.7. The number of hydrogen-bond donors (Lipinski definition) is 2. The Morgan fingerprint density at radius 3 is 2.62 bits per heavy atom. The van der Waals surface area contributed by atoms with Crippen LogP contribution in [0.1, 0.15) is 39.0 Å². The fourth-order valence-corrected chi connectivity index (χ4v) is 3.50. The number of urea groups is 1. The molecule has 2 heterocycles. The van der Waals surface area contributed by atoms with Gasteiger partial charge in [0.1, 0.15) is 0 Å². The SMILES string of the molecule is CCN(C(=O)N1CCCC(CC(=O)O)C1)C1CCNCC1. The number of carboxylic acid groups (broad SMARTS) is 1. The zero-order valence-corrected chi connectivity index (χ0v) is 12.9. The maximum absolute atomic E-state index is 12.7. The molecule has 2 fully saturated rings. The minimum absolute atomic E-state index is 0.0967. The van der Waals surface area contributed by atoms with Crippen LogP contribution >= 0.6 is 0 Å². The third kappa shape index (κ3) is 4.33. The maximum Gasteiger partial charge on any atom is 0.320 e. The molecule has 120 valence electrons. The number of amides is 2. The lowest BCUT2D eigenvalue weighted by atomic mass is 9.95. The molecule has 0 aliphatic carbocycles. The lowest BCUT2D eigenvalue weighted by Crippen LogP contribution is -2.53. The second-order valence-electron chi connectivity index (χ2n) is 6.10. The number of carbonyl (C=O) groups is 2. The highest BCUT2D eigenvalue weighted by Crippen LogP contribution is 2.22. The smallest absolute Gasteiger partial charge is 0.320 e. The van der Waals surface area contributed by atoms with Gasteiger partial charge in [-0.2, -0.15) is 0 Å². The molecule has 2 amide bonds. The largest absolute Gasteiger partial charge is 0.481 e. The topological polar surface area (TPSA) is 72.9 Å². The monoisotopic (exact) mass is 297 g/mol. The molecule has 0 aromatic carbocycles. The number of likely N-dealkylation sites (tertiary alicyclic amines) is 1. The van der Waals surface area contributed by atoms with Crippen LogP contribution in [0, 0.1) is 5.92 Å². The van der Waals surface area contributed by atoms with Crippen molar-refractivity contribution in [2.24, 2.45) is 5.92 Å². The van der Waals surface area contributed by atoms with E-state index in [9.17, 15) is 9.59 Å². The van der Waals surface area contributed by atoms with Crippen molar-refractivity contribution in [1.29, 1.82) is 0 Å². The van der Waals surface area contributed by atoms with E-state index in [-0.39, 0.29) is 18.4 Å². The fraction of sp³-hybridized carbons (Fsp3) is 0.867. The normalized spacial score (nSPS) is 23.9. The summed E-state index contributed by atoms with van der Waals surface area (Å²) in [4.78, 5) is 27.4. The summed E-state index contributed by atoms with van der Waals surface area (Å²) in [7, 11) is 0. The average molecular weight is 297 g/mol. The Morgan fingerprint density at radius 2 is 2.00 bits per heavy atom. The first kappa shape index (κ1) is 16.1. The lowest BCUT2D eigenvalue weighted by Gasteiger charge is -2.40. The van der Waals surface area contributed by atoms with Crippen molar-refractivity contribution in [3.8, 4) is 0 Å². The van der Waals surface area contributed by atoms with E-state index in [1.165, 1.54) is 0 Å². The van der Waals surface area contributed by atoms with Crippen LogP contribution in [0.15, 0.2) is 0 Å². The van der Waals surface area contributed by atoms with Gasteiger partial charge in [0.15, 0.2) is 0 Å². The van der Waals surface area contributed by atoms with Gasteiger partial charge >= 0.3 is 12.0 Å². The first-order valence-corrected chi connectivity index (χ1v) is 8.09. The van der Waals surface area contributed by atoms with E-state index in [1.54, 1.807) is 0 Å². The molecule has 0 aromatic rings. The quantitative estimate of drug-likeness (QED) is 0.822. The van der Waals surface area contributed by atoms with Gasteiger partial charge in [0.2, 0.25) is 0 Å². The average Bonchev–Trinajstić information content (AvgIpc) is 2.48. The van der Waals surface area contributed by atoms with Gasteiger partial charge in [-0.05, 0) is 51.6 Å². The molecule has 0 spiro atoms. The van der Waals surface area contributed by atoms with E-state index in [0.29, 0.717) is 12.6 Å². The van der Waals surface area contributed by atoms with E-state index in [1.807, 2.05) is 16.7 Å². The molecule has 0 radical (unpaired) electrons. The number of piperidine rings is 2. The summed E-state index contributed by atoms with van der Waals surface area (Å²) >= 11 is 0. The predicted molar refractivity (Wildman–Crippen MR) is 80.2 cm³/mol. The summed E-state index contributed by atoms with van der Waals surface area (Å²) in [5, 5.41) is 12.3. The van der Waals surface area contributed by atoms with Crippen molar-refractivity contribution < 1.29 is 14.7 Å².